The van der Waals surface area contributed by atoms with Crippen molar-refractivity contribution in [3.8, 4) is 0 Å². The average molecular weight is 354 g/mol. The van der Waals surface area contributed by atoms with Gasteiger partial charge < -0.3 is 15.4 Å². The maximum absolute atomic E-state index is 12.0. The molecule has 2 aromatic rings. The SMILES string of the molecule is O=C(NCCc1ccccn1)NCc1ccccc1CN1CCOCC1. The number of hydrogen-bond acceptors (Lipinski definition) is 4. The van der Waals surface area contributed by atoms with Gasteiger partial charge in [0, 0.05) is 51.0 Å². The molecule has 6 heteroatoms. The number of rotatable bonds is 7. The zero-order valence-electron chi connectivity index (χ0n) is 15.0. The van der Waals surface area contributed by atoms with E-state index in [0.717, 1.165) is 50.5 Å². The van der Waals surface area contributed by atoms with Crippen molar-refractivity contribution in [2.75, 3.05) is 32.8 Å². The molecule has 2 amide bonds. The van der Waals surface area contributed by atoms with Crippen LogP contribution in [-0.4, -0.2) is 48.8 Å². The number of amides is 2. The lowest BCUT2D eigenvalue weighted by Crippen LogP contribution is -2.37. The van der Waals surface area contributed by atoms with Crippen LogP contribution in [0.1, 0.15) is 16.8 Å². The van der Waals surface area contributed by atoms with E-state index in [1.54, 1.807) is 6.20 Å². The van der Waals surface area contributed by atoms with Crippen LogP contribution >= 0.6 is 0 Å². The number of pyridine rings is 1. The van der Waals surface area contributed by atoms with Gasteiger partial charge in [-0.2, -0.15) is 0 Å². The molecular formula is C20H26N4O2. The summed E-state index contributed by atoms with van der Waals surface area (Å²) >= 11 is 0. The molecule has 0 aliphatic carbocycles. The molecule has 2 heterocycles. The molecule has 26 heavy (non-hydrogen) atoms. The number of carbonyl (C=O) groups is 1. The quantitative estimate of drug-likeness (QED) is 0.798. The fourth-order valence-corrected chi connectivity index (χ4v) is 2.97. The van der Waals surface area contributed by atoms with Gasteiger partial charge in [0.1, 0.15) is 0 Å². The first-order chi connectivity index (χ1) is 12.8. The van der Waals surface area contributed by atoms with E-state index in [0.29, 0.717) is 13.1 Å². The van der Waals surface area contributed by atoms with Gasteiger partial charge >= 0.3 is 6.03 Å². The molecule has 138 valence electrons. The second-order valence-corrected chi connectivity index (χ2v) is 6.34. The van der Waals surface area contributed by atoms with Crippen molar-refractivity contribution in [2.45, 2.75) is 19.5 Å². The summed E-state index contributed by atoms with van der Waals surface area (Å²) in [6, 6.07) is 13.9. The summed E-state index contributed by atoms with van der Waals surface area (Å²) in [7, 11) is 0. The molecule has 0 radical (unpaired) electrons. The van der Waals surface area contributed by atoms with E-state index in [1.807, 2.05) is 30.3 Å². The van der Waals surface area contributed by atoms with Crippen molar-refractivity contribution in [2.24, 2.45) is 0 Å². The molecule has 1 aromatic carbocycles. The van der Waals surface area contributed by atoms with Crippen molar-refractivity contribution >= 4 is 6.03 Å². The summed E-state index contributed by atoms with van der Waals surface area (Å²) in [5.41, 5.74) is 3.38. The zero-order chi connectivity index (χ0) is 18.0. The molecular weight excluding hydrogens is 328 g/mol. The highest BCUT2D eigenvalue weighted by Gasteiger charge is 2.13. The van der Waals surface area contributed by atoms with E-state index < -0.39 is 0 Å². The summed E-state index contributed by atoms with van der Waals surface area (Å²) < 4.78 is 5.40. The third-order valence-electron chi connectivity index (χ3n) is 4.45. The Morgan fingerprint density at radius 3 is 2.58 bits per heavy atom. The predicted molar refractivity (Wildman–Crippen MR) is 101 cm³/mol. The zero-order valence-corrected chi connectivity index (χ0v) is 15.0. The van der Waals surface area contributed by atoms with Gasteiger partial charge in [0.05, 0.1) is 13.2 Å². The minimum Gasteiger partial charge on any atom is -0.379 e. The molecule has 0 unspecified atom stereocenters. The first kappa shape index (κ1) is 18.4. The van der Waals surface area contributed by atoms with Gasteiger partial charge in [0.2, 0.25) is 0 Å². The minimum absolute atomic E-state index is 0.151. The van der Waals surface area contributed by atoms with Crippen LogP contribution < -0.4 is 10.6 Å². The molecule has 1 aliphatic heterocycles. The van der Waals surface area contributed by atoms with Crippen LogP contribution in [0.5, 0.6) is 0 Å². The van der Waals surface area contributed by atoms with E-state index in [4.69, 9.17) is 4.74 Å². The minimum atomic E-state index is -0.151. The Labute approximate surface area is 154 Å². The third kappa shape index (κ3) is 5.82. The van der Waals surface area contributed by atoms with Gasteiger partial charge in [-0.15, -0.1) is 0 Å². The summed E-state index contributed by atoms with van der Waals surface area (Å²) in [5, 5.41) is 5.83. The van der Waals surface area contributed by atoms with Gasteiger partial charge in [-0.05, 0) is 23.3 Å². The number of morpholine rings is 1. The van der Waals surface area contributed by atoms with Gasteiger partial charge in [0.25, 0.3) is 0 Å². The summed E-state index contributed by atoms with van der Waals surface area (Å²) in [6.07, 6.45) is 2.49. The van der Waals surface area contributed by atoms with E-state index >= 15 is 0 Å². The molecule has 2 N–H and O–H groups in total. The lowest BCUT2D eigenvalue weighted by molar-refractivity contribution is 0.0341. The van der Waals surface area contributed by atoms with Crippen LogP contribution in [0, 0.1) is 0 Å². The monoisotopic (exact) mass is 354 g/mol. The van der Waals surface area contributed by atoms with Crippen LogP contribution in [0.4, 0.5) is 4.79 Å². The van der Waals surface area contributed by atoms with Crippen molar-refractivity contribution < 1.29 is 9.53 Å². The van der Waals surface area contributed by atoms with Crippen molar-refractivity contribution in [3.63, 3.8) is 0 Å². The Kier molecular flexibility index (Phi) is 6.98. The highest BCUT2D eigenvalue weighted by molar-refractivity contribution is 5.73. The smallest absolute Gasteiger partial charge is 0.315 e. The number of nitrogens with zero attached hydrogens (tertiary/aromatic N) is 2. The molecule has 1 saturated heterocycles. The highest BCUT2D eigenvalue weighted by Crippen LogP contribution is 2.12. The fourth-order valence-electron chi connectivity index (χ4n) is 2.97. The highest BCUT2D eigenvalue weighted by atomic mass is 16.5. The predicted octanol–water partition coefficient (Wildman–Crippen LogP) is 1.96. The third-order valence-corrected chi connectivity index (χ3v) is 4.45. The topological polar surface area (TPSA) is 66.5 Å². The van der Waals surface area contributed by atoms with Crippen LogP contribution in [0.15, 0.2) is 48.7 Å². The lowest BCUT2D eigenvalue weighted by Gasteiger charge is -2.27. The van der Waals surface area contributed by atoms with E-state index in [9.17, 15) is 4.79 Å². The van der Waals surface area contributed by atoms with Crippen LogP contribution in [0.25, 0.3) is 0 Å². The van der Waals surface area contributed by atoms with Crippen LogP contribution in [-0.2, 0) is 24.2 Å². The summed E-state index contributed by atoms with van der Waals surface area (Å²) in [5.74, 6) is 0. The van der Waals surface area contributed by atoms with E-state index in [-0.39, 0.29) is 6.03 Å². The van der Waals surface area contributed by atoms with Gasteiger partial charge in [0.15, 0.2) is 0 Å². The van der Waals surface area contributed by atoms with Crippen molar-refractivity contribution in [3.05, 3.63) is 65.5 Å². The molecule has 0 bridgehead atoms. The largest absolute Gasteiger partial charge is 0.379 e. The average Bonchev–Trinajstić information content (AvgIpc) is 2.69. The Morgan fingerprint density at radius 2 is 1.81 bits per heavy atom. The molecule has 0 atom stereocenters. The second-order valence-electron chi connectivity index (χ2n) is 6.34. The maximum Gasteiger partial charge on any atom is 0.315 e. The molecule has 1 aliphatic rings. The van der Waals surface area contributed by atoms with Crippen molar-refractivity contribution in [1.29, 1.82) is 0 Å². The standard InChI is InChI=1S/C20H26N4O2/c25-20(22-10-8-19-7-3-4-9-21-19)23-15-17-5-1-2-6-18(17)16-24-11-13-26-14-12-24/h1-7,9H,8,10-16H2,(H2,22,23,25). The van der Waals surface area contributed by atoms with Crippen molar-refractivity contribution in [1.82, 2.24) is 20.5 Å². The molecule has 6 nitrogen and oxygen atoms in total. The Morgan fingerprint density at radius 1 is 1.04 bits per heavy atom. The summed E-state index contributed by atoms with van der Waals surface area (Å²) in [6.45, 7) is 5.47. The van der Waals surface area contributed by atoms with Gasteiger partial charge in [-0.3, -0.25) is 9.88 Å². The normalized spacial score (nSPS) is 14.8. The fraction of sp³-hybridized carbons (Fsp3) is 0.400. The second kappa shape index (κ2) is 9.89. The molecule has 1 aromatic heterocycles. The number of nitrogens with one attached hydrogen (secondary N) is 2. The van der Waals surface area contributed by atoms with Crippen LogP contribution in [0.2, 0.25) is 0 Å². The first-order valence-corrected chi connectivity index (χ1v) is 9.10. The number of benzene rings is 1. The molecule has 0 spiro atoms. The molecule has 0 saturated carbocycles. The molecule has 1 fully saturated rings. The number of urea groups is 1. The molecule has 3 rings (SSSR count). The van der Waals surface area contributed by atoms with Crippen LogP contribution in [0.3, 0.4) is 0 Å². The Hall–Kier alpha value is -2.44. The number of ether oxygens (including phenoxy) is 1. The van der Waals surface area contributed by atoms with Gasteiger partial charge in [-0.25, -0.2) is 4.79 Å². The number of hydrogen-bond donors (Lipinski definition) is 2. The van der Waals surface area contributed by atoms with E-state index in [1.165, 1.54) is 5.56 Å². The summed E-state index contributed by atoms with van der Waals surface area (Å²) in [4.78, 5) is 18.7. The van der Waals surface area contributed by atoms with E-state index in [2.05, 4.69) is 32.7 Å². The Bertz CT molecular complexity index is 687. The lowest BCUT2D eigenvalue weighted by atomic mass is 10.1. The first-order valence-electron chi connectivity index (χ1n) is 9.10. The Balaban J connectivity index is 1.44. The van der Waals surface area contributed by atoms with Gasteiger partial charge in [-0.1, -0.05) is 30.3 Å². The number of aromatic nitrogens is 1. The maximum atomic E-state index is 12.0. The number of carbonyl (C=O) groups excluding carboxylic acids is 1.